The minimum Gasteiger partial charge on any atom is -0.309 e. The lowest BCUT2D eigenvalue weighted by Crippen LogP contribution is -2.43. The number of rotatable bonds is 5. The number of nitrogens with one attached hydrogen (secondary N) is 2. The van der Waals surface area contributed by atoms with Gasteiger partial charge in [-0.05, 0) is 62.9 Å². The molecule has 0 amide bonds. The second kappa shape index (κ2) is 8.36. The van der Waals surface area contributed by atoms with Crippen molar-refractivity contribution in [2.45, 2.75) is 57.7 Å². The number of aryl methyl sites for hydroxylation is 1. The monoisotopic (exact) mass is 324 g/mol. The van der Waals surface area contributed by atoms with Crippen molar-refractivity contribution in [3.8, 4) is 0 Å². The average molecular weight is 324 g/mol. The number of nitrogens with zero attached hydrogens (tertiary/aromatic N) is 2. The molecule has 2 aliphatic rings. The number of aromatic nitrogens is 1. The third-order valence-corrected chi connectivity index (χ3v) is 5.04. The standard InChI is InChI=1S/C20H28N4/c1-3-6-15-7-4-9-19(20(15)21-2)24-14-17-10-11-18-16(13-23-17)8-5-12-22-18/h3,5-6,8,12,17,19,23-24H,2,4,7,9-11,13-14H2,1H3/b6-3-/t17-,19?/m1/s1. The smallest absolute Gasteiger partial charge is 0.0597 e. The van der Waals surface area contributed by atoms with Gasteiger partial charge in [0.25, 0.3) is 0 Å². The van der Waals surface area contributed by atoms with Crippen LogP contribution in [0.25, 0.3) is 0 Å². The summed E-state index contributed by atoms with van der Waals surface area (Å²) >= 11 is 0. The maximum absolute atomic E-state index is 4.52. The Hall–Kier alpha value is -1.78. The second-order valence-corrected chi connectivity index (χ2v) is 6.65. The Morgan fingerprint density at radius 1 is 1.42 bits per heavy atom. The molecule has 0 spiro atoms. The number of aliphatic imine (C=N–C) groups is 1. The highest BCUT2D eigenvalue weighted by Gasteiger charge is 2.23. The Morgan fingerprint density at radius 2 is 2.33 bits per heavy atom. The fourth-order valence-electron chi connectivity index (χ4n) is 3.75. The summed E-state index contributed by atoms with van der Waals surface area (Å²) in [6, 6.07) is 5.00. The molecule has 3 rings (SSSR count). The predicted octanol–water partition coefficient (Wildman–Crippen LogP) is 3.16. The molecule has 1 aliphatic heterocycles. The van der Waals surface area contributed by atoms with Crippen molar-refractivity contribution in [1.29, 1.82) is 0 Å². The molecule has 2 heterocycles. The maximum atomic E-state index is 4.52. The van der Waals surface area contributed by atoms with E-state index < -0.39 is 0 Å². The summed E-state index contributed by atoms with van der Waals surface area (Å²) in [6.07, 6.45) is 11.8. The van der Waals surface area contributed by atoms with Gasteiger partial charge in [0.15, 0.2) is 0 Å². The minimum atomic E-state index is 0.327. The first-order chi connectivity index (χ1) is 11.8. The minimum absolute atomic E-state index is 0.327. The highest BCUT2D eigenvalue weighted by Crippen LogP contribution is 2.27. The van der Waals surface area contributed by atoms with Gasteiger partial charge in [0.05, 0.1) is 5.70 Å². The Balaban J connectivity index is 1.60. The Kier molecular flexibility index (Phi) is 5.94. The number of pyridine rings is 1. The first-order valence-electron chi connectivity index (χ1n) is 9.03. The van der Waals surface area contributed by atoms with Gasteiger partial charge in [-0.25, -0.2) is 0 Å². The molecule has 24 heavy (non-hydrogen) atoms. The number of hydrogen-bond donors (Lipinski definition) is 2. The van der Waals surface area contributed by atoms with Crippen LogP contribution in [-0.4, -0.2) is 30.3 Å². The molecule has 1 unspecified atom stereocenters. The number of hydrogen-bond acceptors (Lipinski definition) is 4. The highest BCUT2D eigenvalue weighted by molar-refractivity contribution is 5.38. The molecule has 128 valence electrons. The molecule has 0 radical (unpaired) electrons. The number of fused-ring (bicyclic) bond motifs is 1. The summed E-state index contributed by atoms with van der Waals surface area (Å²) in [5.74, 6) is 0. The van der Waals surface area contributed by atoms with Crippen molar-refractivity contribution in [2.75, 3.05) is 6.54 Å². The molecular weight excluding hydrogens is 296 g/mol. The van der Waals surface area contributed by atoms with E-state index in [9.17, 15) is 0 Å². The van der Waals surface area contributed by atoms with Gasteiger partial charge in [0.1, 0.15) is 0 Å². The van der Waals surface area contributed by atoms with Crippen LogP contribution in [0.15, 0.2) is 46.7 Å². The molecule has 1 aromatic rings. The molecular formula is C20H28N4. The maximum Gasteiger partial charge on any atom is 0.0597 e. The largest absolute Gasteiger partial charge is 0.309 e. The van der Waals surface area contributed by atoms with E-state index in [0.717, 1.165) is 44.5 Å². The molecule has 1 aliphatic carbocycles. The SMILES string of the molecule is C=NC1=C(/C=C\C)CCCC1NC[C@H]1CCc2ncccc2CN1. The molecule has 1 aromatic heterocycles. The van der Waals surface area contributed by atoms with Crippen molar-refractivity contribution in [3.63, 3.8) is 0 Å². The molecule has 0 aromatic carbocycles. The fourth-order valence-corrected chi connectivity index (χ4v) is 3.75. The van der Waals surface area contributed by atoms with Gasteiger partial charge < -0.3 is 10.6 Å². The van der Waals surface area contributed by atoms with E-state index in [1.165, 1.54) is 23.3 Å². The van der Waals surface area contributed by atoms with Crippen LogP contribution in [0.3, 0.4) is 0 Å². The molecule has 0 bridgehead atoms. The van der Waals surface area contributed by atoms with E-state index >= 15 is 0 Å². The van der Waals surface area contributed by atoms with Crippen LogP contribution in [0.5, 0.6) is 0 Å². The summed E-state index contributed by atoms with van der Waals surface area (Å²) in [5, 5.41) is 7.39. The van der Waals surface area contributed by atoms with E-state index in [2.05, 4.69) is 52.5 Å². The third-order valence-electron chi connectivity index (χ3n) is 5.04. The molecule has 4 heteroatoms. The highest BCUT2D eigenvalue weighted by atomic mass is 15.0. The topological polar surface area (TPSA) is 49.3 Å². The zero-order valence-corrected chi connectivity index (χ0v) is 14.6. The Labute approximate surface area is 145 Å². The summed E-state index contributed by atoms with van der Waals surface area (Å²) in [7, 11) is 0. The van der Waals surface area contributed by atoms with Crippen molar-refractivity contribution < 1.29 is 0 Å². The first-order valence-corrected chi connectivity index (χ1v) is 9.03. The Bertz CT molecular complexity index is 605. The van der Waals surface area contributed by atoms with Crippen molar-refractivity contribution in [2.24, 2.45) is 4.99 Å². The van der Waals surface area contributed by atoms with Gasteiger partial charge in [-0.1, -0.05) is 18.2 Å². The quantitative estimate of drug-likeness (QED) is 0.818. The summed E-state index contributed by atoms with van der Waals surface area (Å²) < 4.78 is 0. The zero-order chi connectivity index (χ0) is 16.8. The molecule has 4 nitrogen and oxygen atoms in total. The van der Waals surface area contributed by atoms with E-state index in [4.69, 9.17) is 0 Å². The number of allylic oxidation sites excluding steroid dienone is 3. The van der Waals surface area contributed by atoms with Crippen molar-refractivity contribution >= 4 is 6.72 Å². The van der Waals surface area contributed by atoms with Crippen LogP contribution in [0, 0.1) is 0 Å². The fraction of sp³-hybridized carbons (Fsp3) is 0.500. The van der Waals surface area contributed by atoms with E-state index in [0.29, 0.717) is 12.1 Å². The van der Waals surface area contributed by atoms with Gasteiger partial charge in [-0.15, -0.1) is 0 Å². The molecule has 0 saturated carbocycles. The molecule has 0 saturated heterocycles. The van der Waals surface area contributed by atoms with Gasteiger partial charge in [-0.2, -0.15) is 0 Å². The van der Waals surface area contributed by atoms with Crippen LogP contribution >= 0.6 is 0 Å². The second-order valence-electron chi connectivity index (χ2n) is 6.65. The van der Waals surface area contributed by atoms with Crippen LogP contribution in [0.4, 0.5) is 0 Å². The summed E-state index contributed by atoms with van der Waals surface area (Å²) in [5.41, 5.74) is 5.05. The van der Waals surface area contributed by atoms with Gasteiger partial charge in [-0.3, -0.25) is 9.98 Å². The predicted molar refractivity (Wildman–Crippen MR) is 100 cm³/mol. The van der Waals surface area contributed by atoms with E-state index in [1.54, 1.807) is 0 Å². The Morgan fingerprint density at radius 3 is 3.17 bits per heavy atom. The van der Waals surface area contributed by atoms with Crippen molar-refractivity contribution in [3.05, 3.63) is 53.0 Å². The van der Waals surface area contributed by atoms with E-state index in [-0.39, 0.29) is 0 Å². The van der Waals surface area contributed by atoms with Gasteiger partial charge in [0.2, 0.25) is 0 Å². The van der Waals surface area contributed by atoms with Gasteiger partial charge in [0, 0.05) is 37.1 Å². The zero-order valence-electron chi connectivity index (χ0n) is 14.6. The van der Waals surface area contributed by atoms with Crippen LogP contribution < -0.4 is 10.6 Å². The summed E-state index contributed by atoms with van der Waals surface area (Å²) in [6.45, 7) is 7.73. The van der Waals surface area contributed by atoms with Crippen LogP contribution in [0.1, 0.15) is 43.9 Å². The normalized spacial score (nSPS) is 24.7. The molecule has 0 fully saturated rings. The van der Waals surface area contributed by atoms with E-state index in [1.807, 2.05) is 12.3 Å². The lowest BCUT2D eigenvalue weighted by molar-refractivity contribution is 0.414. The third kappa shape index (κ3) is 4.00. The molecule has 2 N–H and O–H groups in total. The molecule has 2 atom stereocenters. The lowest BCUT2D eigenvalue weighted by atomic mass is 9.91. The first kappa shape index (κ1) is 17.1. The average Bonchev–Trinajstić information content (AvgIpc) is 2.83. The van der Waals surface area contributed by atoms with Crippen LogP contribution in [0.2, 0.25) is 0 Å². The van der Waals surface area contributed by atoms with Gasteiger partial charge >= 0.3 is 0 Å². The van der Waals surface area contributed by atoms with Crippen LogP contribution in [-0.2, 0) is 13.0 Å². The van der Waals surface area contributed by atoms with Crippen molar-refractivity contribution in [1.82, 2.24) is 15.6 Å². The summed E-state index contributed by atoms with van der Waals surface area (Å²) in [4.78, 5) is 8.85. The lowest BCUT2D eigenvalue weighted by Gasteiger charge is -2.28.